The Morgan fingerprint density at radius 2 is 1.93 bits per heavy atom. The minimum atomic E-state index is -0.498. The van der Waals surface area contributed by atoms with Gasteiger partial charge in [-0.15, -0.1) is 0 Å². The zero-order chi connectivity index (χ0) is 20.6. The first kappa shape index (κ1) is 20.2. The molecule has 2 N–H and O–H groups in total. The lowest BCUT2D eigenvalue weighted by atomic mass is 9.77. The maximum absolute atomic E-state index is 13.0. The number of hydrogen-bond acceptors (Lipinski definition) is 5. The first-order chi connectivity index (χ1) is 13.9. The number of hydrogen-bond donors (Lipinski definition) is 2. The summed E-state index contributed by atoms with van der Waals surface area (Å²) < 4.78 is 8.02. The van der Waals surface area contributed by atoms with Gasteiger partial charge in [-0.1, -0.05) is 30.3 Å². The third-order valence-electron chi connectivity index (χ3n) is 5.77. The van der Waals surface area contributed by atoms with Crippen molar-refractivity contribution in [1.82, 2.24) is 14.7 Å². The summed E-state index contributed by atoms with van der Waals surface area (Å²) in [6.45, 7) is 3.92. The fourth-order valence-corrected chi connectivity index (χ4v) is 4.53. The lowest BCUT2D eigenvalue weighted by Gasteiger charge is -2.46. The molecule has 1 spiro atoms. The molecule has 0 saturated carbocycles. The van der Waals surface area contributed by atoms with Gasteiger partial charge in [0.15, 0.2) is 11.4 Å². The van der Waals surface area contributed by atoms with E-state index in [1.807, 2.05) is 39.7 Å². The number of fused-ring (bicyclic) bond motifs is 1. The van der Waals surface area contributed by atoms with Gasteiger partial charge in [0.25, 0.3) is 5.91 Å². The fourth-order valence-electron chi connectivity index (χ4n) is 4.10. The summed E-state index contributed by atoms with van der Waals surface area (Å²) in [5.74, 6) is -0.230. The summed E-state index contributed by atoms with van der Waals surface area (Å²) in [6.07, 6.45) is 3.13. The lowest BCUT2D eigenvalue weighted by molar-refractivity contribution is 0.0743. The predicted octanol–water partition coefficient (Wildman–Crippen LogP) is 1.88. The second-order valence-electron chi connectivity index (χ2n) is 7.79. The molecule has 1 aromatic carbocycles. The summed E-state index contributed by atoms with van der Waals surface area (Å²) in [5.41, 5.74) is 0.462. The Labute approximate surface area is 177 Å². The molecule has 2 aliphatic heterocycles. The van der Waals surface area contributed by atoms with Crippen LogP contribution in [0.5, 0.6) is 5.75 Å². The van der Waals surface area contributed by atoms with Crippen molar-refractivity contribution in [2.75, 3.05) is 13.1 Å². The van der Waals surface area contributed by atoms with Crippen LogP contribution in [0.3, 0.4) is 0 Å². The second kappa shape index (κ2) is 7.97. The zero-order valence-electron chi connectivity index (χ0n) is 16.2. The average molecular weight is 460 g/mol. The van der Waals surface area contributed by atoms with E-state index < -0.39 is 7.05 Å². The SMILES string of the molecule is CB(O)N1CCC2(CC1)Cn1cc(Br)c(=O)c(OCc3ccccc3)c1C(=O)N2. The molecule has 29 heavy (non-hydrogen) atoms. The largest absolute Gasteiger partial charge is 0.483 e. The lowest BCUT2D eigenvalue weighted by Crippen LogP contribution is -2.62. The van der Waals surface area contributed by atoms with Gasteiger partial charge in [0, 0.05) is 12.7 Å². The predicted molar refractivity (Wildman–Crippen MR) is 114 cm³/mol. The van der Waals surface area contributed by atoms with Crippen molar-refractivity contribution in [3.8, 4) is 5.75 Å². The van der Waals surface area contributed by atoms with E-state index in [0.717, 1.165) is 18.4 Å². The third kappa shape index (κ3) is 3.99. The highest BCUT2D eigenvalue weighted by Crippen LogP contribution is 2.32. The molecule has 3 heterocycles. The summed E-state index contributed by atoms with van der Waals surface area (Å²) in [4.78, 5) is 27.7. The highest BCUT2D eigenvalue weighted by atomic mass is 79.9. The summed E-state index contributed by atoms with van der Waals surface area (Å²) in [6, 6.07) is 9.53. The summed E-state index contributed by atoms with van der Waals surface area (Å²) in [7, 11) is -0.498. The highest BCUT2D eigenvalue weighted by Gasteiger charge is 2.42. The molecule has 1 amide bonds. The van der Waals surface area contributed by atoms with E-state index in [0.29, 0.717) is 24.1 Å². The van der Waals surface area contributed by atoms with E-state index in [1.165, 1.54) is 0 Å². The molecule has 0 atom stereocenters. The smallest absolute Gasteiger partial charge is 0.376 e. The van der Waals surface area contributed by atoms with Gasteiger partial charge < -0.3 is 24.5 Å². The van der Waals surface area contributed by atoms with E-state index in [4.69, 9.17) is 4.74 Å². The molecule has 4 rings (SSSR count). The standard InChI is InChI=1S/C20H23BBrN3O4/c1-21(28)25-9-7-20(8-10-25)13-24-11-15(22)17(26)18(16(24)19(27)23-20)29-12-14-5-3-2-4-6-14/h2-6,11,28H,7-10,12-13H2,1H3,(H,23,27). The number of piperidine rings is 1. The monoisotopic (exact) mass is 459 g/mol. The van der Waals surface area contributed by atoms with E-state index in [2.05, 4.69) is 21.2 Å². The van der Waals surface area contributed by atoms with Crippen molar-refractivity contribution >= 4 is 28.9 Å². The Kier molecular flexibility index (Phi) is 5.55. The highest BCUT2D eigenvalue weighted by molar-refractivity contribution is 9.10. The zero-order valence-corrected chi connectivity index (χ0v) is 17.8. The van der Waals surface area contributed by atoms with Crippen LogP contribution in [-0.4, -0.2) is 46.0 Å². The van der Waals surface area contributed by atoms with Gasteiger partial charge in [0.2, 0.25) is 5.43 Å². The molecule has 152 valence electrons. The maximum Gasteiger partial charge on any atom is 0.376 e. The molecule has 0 radical (unpaired) electrons. The Morgan fingerprint density at radius 3 is 2.59 bits per heavy atom. The number of carbonyl (C=O) groups excluding carboxylic acids is 1. The molecule has 2 aliphatic rings. The molecule has 0 unspecified atom stereocenters. The molecule has 2 aromatic rings. The number of ether oxygens (including phenoxy) is 1. The van der Waals surface area contributed by atoms with E-state index in [1.54, 1.807) is 13.0 Å². The van der Waals surface area contributed by atoms with Gasteiger partial charge in [0.1, 0.15) is 6.61 Å². The van der Waals surface area contributed by atoms with Crippen molar-refractivity contribution in [2.45, 2.75) is 38.4 Å². The number of halogens is 1. The Balaban J connectivity index is 1.62. The van der Waals surface area contributed by atoms with E-state index >= 15 is 0 Å². The van der Waals surface area contributed by atoms with Crippen LogP contribution in [0.1, 0.15) is 28.9 Å². The molecule has 0 aliphatic carbocycles. The van der Waals surface area contributed by atoms with Gasteiger partial charge in [-0.2, -0.15) is 0 Å². The van der Waals surface area contributed by atoms with Crippen molar-refractivity contribution in [1.29, 1.82) is 0 Å². The van der Waals surface area contributed by atoms with Crippen LogP contribution in [0.25, 0.3) is 0 Å². The maximum atomic E-state index is 13.0. The summed E-state index contributed by atoms with van der Waals surface area (Å²) in [5, 5.41) is 12.9. The average Bonchev–Trinajstić information content (AvgIpc) is 2.69. The fraction of sp³-hybridized carbons (Fsp3) is 0.400. The molecule has 0 bridgehead atoms. The molecular formula is C20H23BBrN3O4. The Morgan fingerprint density at radius 1 is 1.24 bits per heavy atom. The van der Waals surface area contributed by atoms with Crippen LogP contribution in [0.4, 0.5) is 0 Å². The van der Waals surface area contributed by atoms with Crippen molar-refractivity contribution < 1.29 is 14.6 Å². The van der Waals surface area contributed by atoms with Crippen LogP contribution >= 0.6 is 15.9 Å². The van der Waals surface area contributed by atoms with Gasteiger partial charge >= 0.3 is 7.05 Å². The molecule has 7 nitrogen and oxygen atoms in total. The number of nitrogens with one attached hydrogen (secondary N) is 1. The molecule has 1 saturated heterocycles. The number of amides is 1. The van der Waals surface area contributed by atoms with Crippen molar-refractivity contribution in [3.05, 3.63) is 62.5 Å². The van der Waals surface area contributed by atoms with Crippen LogP contribution in [-0.2, 0) is 13.2 Å². The Bertz CT molecular complexity index is 972. The van der Waals surface area contributed by atoms with E-state index in [-0.39, 0.29) is 34.9 Å². The molecule has 1 aromatic heterocycles. The number of rotatable bonds is 4. The normalized spacial score (nSPS) is 18.2. The van der Waals surface area contributed by atoms with Crippen LogP contribution in [0.2, 0.25) is 6.82 Å². The van der Waals surface area contributed by atoms with E-state index in [9.17, 15) is 14.6 Å². The number of carbonyl (C=O) groups is 1. The van der Waals surface area contributed by atoms with Crippen LogP contribution in [0.15, 0.2) is 45.8 Å². The minimum Gasteiger partial charge on any atom is -0.483 e. The van der Waals surface area contributed by atoms with Gasteiger partial charge in [0.05, 0.1) is 10.0 Å². The van der Waals surface area contributed by atoms with Crippen LogP contribution < -0.4 is 15.5 Å². The quantitative estimate of drug-likeness (QED) is 0.682. The second-order valence-corrected chi connectivity index (χ2v) is 8.64. The minimum absolute atomic E-state index is 0.0667. The van der Waals surface area contributed by atoms with Gasteiger partial charge in [-0.25, -0.2) is 0 Å². The summed E-state index contributed by atoms with van der Waals surface area (Å²) >= 11 is 3.33. The number of pyridine rings is 1. The Hall–Kier alpha value is -2.10. The molecular weight excluding hydrogens is 437 g/mol. The first-order valence-corrected chi connectivity index (χ1v) is 10.5. The topological polar surface area (TPSA) is 83.8 Å². The number of aromatic nitrogens is 1. The molecule has 9 heteroatoms. The van der Waals surface area contributed by atoms with Crippen LogP contribution in [0, 0.1) is 0 Å². The molecule has 1 fully saturated rings. The third-order valence-corrected chi connectivity index (χ3v) is 6.34. The number of benzene rings is 1. The van der Waals surface area contributed by atoms with Crippen molar-refractivity contribution in [3.63, 3.8) is 0 Å². The van der Waals surface area contributed by atoms with Crippen molar-refractivity contribution in [2.24, 2.45) is 0 Å². The van der Waals surface area contributed by atoms with Gasteiger partial charge in [-0.3, -0.25) is 9.59 Å². The first-order valence-electron chi connectivity index (χ1n) is 9.73. The van der Waals surface area contributed by atoms with Gasteiger partial charge in [-0.05, 0) is 54.2 Å². The number of nitrogens with zero attached hydrogens (tertiary/aromatic N) is 2.